The Hall–Kier alpha value is -6.35. The lowest BCUT2D eigenvalue weighted by Gasteiger charge is -2.32. The molecule has 3 aliphatic rings. The van der Waals surface area contributed by atoms with E-state index < -0.39 is 5.66 Å². The van der Waals surface area contributed by atoms with E-state index in [0.717, 1.165) is 67.5 Å². The second-order valence-electron chi connectivity index (χ2n) is 11.9. The van der Waals surface area contributed by atoms with Gasteiger partial charge in [0.15, 0.2) is 22.4 Å². The fourth-order valence-corrected chi connectivity index (χ4v) is 8.11. The fraction of sp³-hybridized carbons (Fsp3) is 0.0278. The van der Waals surface area contributed by atoms with E-state index in [1.807, 2.05) is 28.9 Å². The number of hydrogen-bond acceptors (Lipinski definition) is 4. The molecular weight excluding hydrogens is 560 g/mol. The number of aromatic nitrogens is 8. The first-order valence-electron chi connectivity index (χ1n) is 15.0. The number of nitrogens with zero attached hydrogens (tertiary/aromatic N) is 8. The van der Waals surface area contributed by atoms with E-state index in [-0.39, 0.29) is 0 Å². The molecule has 9 heteroatoms. The molecule has 1 spiro atoms. The van der Waals surface area contributed by atoms with Gasteiger partial charge in [0.1, 0.15) is 40.0 Å². The van der Waals surface area contributed by atoms with Crippen LogP contribution in [0.4, 0.5) is 0 Å². The quantitative estimate of drug-likeness (QED) is 0.242. The van der Waals surface area contributed by atoms with E-state index in [0.29, 0.717) is 0 Å². The van der Waals surface area contributed by atoms with Crippen LogP contribution in [0.3, 0.4) is 0 Å². The average molecular weight is 581 g/mol. The van der Waals surface area contributed by atoms with Gasteiger partial charge in [0.25, 0.3) is 5.82 Å². The first-order chi connectivity index (χ1) is 22.3. The summed E-state index contributed by atoms with van der Waals surface area (Å²) in [5, 5.41) is 7.22. The van der Waals surface area contributed by atoms with Gasteiger partial charge in [-0.2, -0.15) is 14.2 Å². The Morgan fingerprint density at radius 2 is 1.56 bits per heavy atom. The molecule has 208 valence electrons. The van der Waals surface area contributed by atoms with E-state index in [1.54, 1.807) is 6.20 Å². The standard InChI is InChI=1S/C36H20N8O/c1-4-11-27-22(8-1)23-15-16-30-33-34(23)43(27)31-14-5-6-17-40(31)36(33)32-28(12-7-13-29(32)45-30)41-19-21(20-42(36)41)44-35-26(18-37-44)38-24-9-2-3-10-25(24)39-35/h1-20H/q+2. The summed E-state index contributed by atoms with van der Waals surface area (Å²) in [6, 6.07) is 33.7. The van der Waals surface area contributed by atoms with Crippen molar-refractivity contribution in [2.45, 2.75) is 5.66 Å². The smallest absolute Gasteiger partial charge is 0.397 e. The second kappa shape index (κ2) is 7.23. The number of para-hydroxylation sites is 3. The number of benzene rings is 4. The van der Waals surface area contributed by atoms with Crippen molar-refractivity contribution in [1.82, 2.24) is 29.0 Å². The van der Waals surface area contributed by atoms with Crippen LogP contribution in [0.25, 0.3) is 61.2 Å². The van der Waals surface area contributed by atoms with Gasteiger partial charge in [0.05, 0.1) is 23.4 Å². The van der Waals surface area contributed by atoms with Crippen molar-refractivity contribution in [3.63, 3.8) is 0 Å². The van der Waals surface area contributed by atoms with Crippen LogP contribution >= 0.6 is 0 Å². The summed E-state index contributed by atoms with van der Waals surface area (Å²) < 4.78 is 18.0. The van der Waals surface area contributed by atoms with Gasteiger partial charge in [0, 0.05) is 16.8 Å². The molecule has 4 aromatic carbocycles. The van der Waals surface area contributed by atoms with Gasteiger partial charge in [-0.25, -0.2) is 14.6 Å². The molecule has 0 amide bonds. The number of rotatable bonds is 1. The van der Waals surface area contributed by atoms with Crippen molar-refractivity contribution in [3.05, 3.63) is 133 Å². The average Bonchev–Trinajstić information content (AvgIpc) is 3.84. The summed E-state index contributed by atoms with van der Waals surface area (Å²) in [4.78, 5) is 9.82. The molecule has 3 aliphatic heterocycles. The molecule has 0 radical (unpaired) electrons. The molecule has 5 aromatic heterocycles. The van der Waals surface area contributed by atoms with Gasteiger partial charge in [-0.1, -0.05) is 41.1 Å². The highest BCUT2D eigenvalue weighted by atomic mass is 16.5. The lowest BCUT2D eigenvalue weighted by atomic mass is 9.84. The summed E-state index contributed by atoms with van der Waals surface area (Å²) in [5.74, 6) is 2.79. The number of fused-ring (bicyclic) bond motifs is 9. The van der Waals surface area contributed by atoms with Gasteiger partial charge in [-0.15, -0.1) is 4.68 Å². The highest BCUT2D eigenvalue weighted by Gasteiger charge is 2.68. The molecule has 0 fully saturated rings. The molecular formula is C36H20N8O+2. The highest BCUT2D eigenvalue weighted by Crippen LogP contribution is 2.55. The van der Waals surface area contributed by atoms with Crippen LogP contribution in [-0.4, -0.2) is 29.0 Å². The molecule has 0 N–H and O–H groups in total. The van der Waals surface area contributed by atoms with Crippen molar-refractivity contribution in [3.8, 4) is 28.7 Å². The third-order valence-corrected chi connectivity index (χ3v) is 9.77. The van der Waals surface area contributed by atoms with E-state index in [1.165, 1.54) is 16.3 Å². The summed E-state index contributed by atoms with van der Waals surface area (Å²) in [7, 11) is 0. The van der Waals surface area contributed by atoms with Gasteiger partial charge in [-0.05, 0) is 54.6 Å². The zero-order valence-electron chi connectivity index (χ0n) is 23.5. The van der Waals surface area contributed by atoms with Crippen molar-refractivity contribution < 1.29 is 14.0 Å². The lowest BCUT2D eigenvalue weighted by Crippen LogP contribution is -2.76. The van der Waals surface area contributed by atoms with Crippen LogP contribution in [0.5, 0.6) is 11.5 Å². The normalized spacial score (nSPS) is 16.7. The van der Waals surface area contributed by atoms with Crippen LogP contribution in [0.2, 0.25) is 0 Å². The van der Waals surface area contributed by atoms with Crippen LogP contribution in [0.1, 0.15) is 11.1 Å². The third-order valence-electron chi connectivity index (χ3n) is 9.77. The SMILES string of the molecule is c1cc2c3c(c1)-n1cc(-n4ncc5nc6ccccc6nc54)c[n+]1C31c3c(ccc4c5ccccc5n(c34)-c3cccc[n+]31)O2. The minimum Gasteiger partial charge on any atom is -0.456 e. The monoisotopic (exact) mass is 580 g/mol. The van der Waals surface area contributed by atoms with Crippen LogP contribution < -0.4 is 14.0 Å². The maximum atomic E-state index is 6.75. The largest absolute Gasteiger partial charge is 0.456 e. The summed E-state index contributed by atoms with van der Waals surface area (Å²) >= 11 is 0. The van der Waals surface area contributed by atoms with Crippen molar-refractivity contribution in [2.75, 3.05) is 0 Å². The number of pyridine rings is 1. The molecule has 0 bridgehead atoms. The summed E-state index contributed by atoms with van der Waals surface area (Å²) in [5.41, 5.74) is 8.92. The first kappa shape index (κ1) is 22.2. The maximum Gasteiger partial charge on any atom is 0.397 e. The van der Waals surface area contributed by atoms with E-state index >= 15 is 0 Å². The fourth-order valence-electron chi connectivity index (χ4n) is 8.11. The molecule has 1 unspecified atom stereocenters. The van der Waals surface area contributed by atoms with Crippen molar-refractivity contribution in [1.29, 1.82) is 0 Å². The van der Waals surface area contributed by atoms with E-state index in [2.05, 4.69) is 110 Å². The van der Waals surface area contributed by atoms with E-state index in [4.69, 9.17) is 19.8 Å². The molecule has 1 atom stereocenters. The highest BCUT2D eigenvalue weighted by molar-refractivity contribution is 6.11. The Balaban J connectivity index is 1.25. The second-order valence-corrected chi connectivity index (χ2v) is 11.9. The Labute approximate surface area is 254 Å². The van der Waals surface area contributed by atoms with Crippen LogP contribution in [0, 0.1) is 0 Å². The number of hydrogen-bond donors (Lipinski definition) is 0. The minimum absolute atomic E-state index is 0.719. The van der Waals surface area contributed by atoms with Crippen molar-refractivity contribution in [2.24, 2.45) is 0 Å². The molecule has 0 aliphatic carbocycles. The zero-order chi connectivity index (χ0) is 29.0. The molecule has 9 aromatic rings. The van der Waals surface area contributed by atoms with Gasteiger partial charge in [-0.3, -0.25) is 0 Å². The summed E-state index contributed by atoms with van der Waals surface area (Å²) in [6.07, 6.45) is 8.31. The van der Waals surface area contributed by atoms with E-state index in [9.17, 15) is 0 Å². The van der Waals surface area contributed by atoms with Gasteiger partial charge in [0.2, 0.25) is 6.20 Å². The molecule has 12 rings (SSSR count). The molecule has 0 saturated carbocycles. The Kier molecular flexibility index (Phi) is 3.57. The van der Waals surface area contributed by atoms with Crippen LogP contribution in [-0.2, 0) is 5.66 Å². The Morgan fingerprint density at radius 1 is 0.711 bits per heavy atom. The van der Waals surface area contributed by atoms with Crippen LogP contribution in [0.15, 0.2) is 122 Å². The Morgan fingerprint density at radius 3 is 2.51 bits per heavy atom. The van der Waals surface area contributed by atoms with Gasteiger partial charge >= 0.3 is 5.66 Å². The molecule has 9 nitrogen and oxygen atoms in total. The minimum atomic E-state index is -0.750. The maximum absolute atomic E-state index is 6.75. The summed E-state index contributed by atoms with van der Waals surface area (Å²) in [6.45, 7) is 0. The predicted molar refractivity (Wildman–Crippen MR) is 166 cm³/mol. The van der Waals surface area contributed by atoms with Gasteiger partial charge < -0.3 is 4.74 Å². The topological polar surface area (TPSA) is 70.5 Å². The lowest BCUT2D eigenvalue weighted by molar-refractivity contribution is -0.993. The number of ether oxygens (including phenoxy) is 1. The third kappa shape index (κ3) is 2.35. The predicted octanol–water partition coefficient (Wildman–Crippen LogP) is 5.46. The van der Waals surface area contributed by atoms with Crippen molar-refractivity contribution >= 4 is 44.0 Å². The Bertz CT molecular complexity index is 2820. The molecule has 0 saturated heterocycles. The zero-order valence-corrected chi connectivity index (χ0v) is 23.5. The first-order valence-corrected chi connectivity index (χ1v) is 15.0. The molecule has 45 heavy (non-hydrogen) atoms. The molecule has 8 heterocycles.